The Kier molecular flexibility index (Phi) is 5.92. The van der Waals surface area contributed by atoms with Crippen LogP contribution in [0.1, 0.15) is 24.2 Å². The van der Waals surface area contributed by atoms with Gasteiger partial charge in [-0.3, -0.25) is 14.9 Å². The number of benzene rings is 1. The molecule has 122 valence electrons. The van der Waals surface area contributed by atoms with Crippen LogP contribution >= 0.6 is 11.8 Å². The summed E-state index contributed by atoms with van der Waals surface area (Å²) in [6, 6.07) is 1.62. The fourth-order valence-electron chi connectivity index (χ4n) is 1.59. The van der Waals surface area contributed by atoms with E-state index in [1.165, 1.54) is 6.92 Å². The topological polar surface area (TPSA) is 101 Å². The molecule has 1 aromatic rings. The molecule has 0 aliphatic rings. The molecule has 1 aromatic carbocycles. The first-order valence-electron chi connectivity index (χ1n) is 5.88. The molecule has 2 unspecified atom stereocenters. The van der Waals surface area contributed by atoms with Crippen molar-refractivity contribution in [1.82, 2.24) is 0 Å². The number of non-ortho nitro benzene ring substituents is 1. The predicted octanol–water partition coefficient (Wildman–Crippen LogP) is 2.29. The van der Waals surface area contributed by atoms with Crippen LogP contribution in [0.25, 0.3) is 0 Å². The number of hydrogen-bond acceptors (Lipinski definition) is 6. The van der Waals surface area contributed by atoms with Crippen LogP contribution in [0.2, 0.25) is 0 Å². The zero-order valence-corrected chi connectivity index (χ0v) is 12.0. The number of alkyl halides is 3. The monoisotopic (exact) mass is 339 g/mol. The van der Waals surface area contributed by atoms with Crippen molar-refractivity contribution in [3.05, 3.63) is 39.4 Å². The third-order valence-corrected chi connectivity index (χ3v) is 3.56. The Bertz CT molecular complexity index is 578. The van der Waals surface area contributed by atoms with Crippen LogP contribution < -0.4 is 0 Å². The molecule has 0 amide bonds. The zero-order valence-electron chi connectivity index (χ0n) is 11.2. The summed E-state index contributed by atoms with van der Waals surface area (Å²) in [5.74, 6) is -0.249. The van der Waals surface area contributed by atoms with E-state index in [1.54, 1.807) is 0 Å². The maximum Gasteiger partial charge on any atom is 0.416 e. The van der Waals surface area contributed by atoms with Gasteiger partial charge >= 0.3 is 6.18 Å². The number of aliphatic hydroxyl groups is 2. The number of hydrogen-bond donors (Lipinski definition) is 2. The molecule has 10 heteroatoms. The Balaban J connectivity index is 3.14. The SMILES string of the molecule is CC(=O)SCC(O)C(O)c1cc([N+](=O)[O-])cc(C(F)(F)F)c1. The number of thioether (sulfide) groups is 1. The normalized spacial score (nSPS) is 14.5. The number of nitro benzene ring substituents is 1. The summed E-state index contributed by atoms with van der Waals surface area (Å²) in [4.78, 5) is 20.4. The van der Waals surface area contributed by atoms with Crippen LogP contribution in [0.3, 0.4) is 0 Å². The van der Waals surface area contributed by atoms with Gasteiger partial charge in [-0.15, -0.1) is 0 Å². The van der Waals surface area contributed by atoms with Crippen LogP contribution in [0, 0.1) is 10.1 Å². The van der Waals surface area contributed by atoms with E-state index in [9.17, 15) is 38.3 Å². The molecule has 2 N–H and O–H groups in total. The maximum atomic E-state index is 12.7. The van der Waals surface area contributed by atoms with Crippen molar-refractivity contribution in [3.8, 4) is 0 Å². The molecule has 0 spiro atoms. The highest BCUT2D eigenvalue weighted by molar-refractivity contribution is 8.13. The number of carbonyl (C=O) groups excluding carboxylic acids is 1. The summed E-state index contributed by atoms with van der Waals surface area (Å²) in [6.07, 6.45) is -8.16. The summed E-state index contributed by atoms with van der Waals surface area (Å²) < 4.78 is 38.1. The third-order valence-electron chi connectivity index (χ3n) is 2.64. The fourth-order valence-corrected chi connectivity index (χ4v) is 2.18. The molecule has 22 heavy (non-hydrogen) atoms. The highest BCUT2D eigenvalue weighted by atomic mass is 32.2. The average molecular weight is 339 g/mol. The number of rotatable bonds is 5. The van der Waals surface area contributed by atoms with Gasteiger partial charge in [-0.05, 0) is 11.6 Å². The lowest BCUT2D eigenvalue weighted by Gasteiger charge is -2.18. The summed E-state index contributed by atoms with van der Waals surface area (Å²) in [5.41, 5.74) is -2.60. The van der Waals surface area contributed by atoms with Crippen molar-refractivity contribution in [2.75, 3.05) is 5.75 Å². The van der Waals surface area contributed by atoms with Crippen LogP contribution in [0.5, 0.6) is 0 Å². The Labute approximate surface area is 127 Å². The van der Waals surface area contributed by atoms with Crippen molar-refractivity contribution >= 4 is 22.6 Å². The van der Waals surface area contributed by atoms with Gasteiger partial charge in [-0.2, -0.15) is 13.2 Å². The Morgan fingerprint density at radius 2 is 1.95 bits per heavy atom. The molecule has 2 atom stereocenters. The second kappa shape index (κ2) is 7.07. The lowest BCUT2D eigenvalue weighted by molar-refractivity contribution is -0.385. The number of nitrogens with zero attached hydrogens (tertiary/aromatic N) is 1. The maximum absolute atomic E-state index is 12.7. The highest BCUT2D eigenvalue weighted by Gasteiger charge is 2.34. The van der Waals surface area contributed by atoms with E-state index in [1.807, 2.05) is 0 Å². The standard InChI is InChI=1S/C12H12F3NO5S/c1-6(17)22-5-10(18)11(19)7-2-8(12(13,14)15)4-9(3-7)16(20)21/h2-4,10-11,18-19H,5H2,1H3. The van der Waals surface area contributed by atoms with E-state index in [0.29, 0.717) is 23.9 Å². The van der Waals surface area contributed by atoms with Gasteiger partial charge in [0, 0.05) is 24.8 Å². The predicted molar refractivity (Wildman–Crippen MR) is 72.2 cm³/mol. The van der Waals surface area contributed by atoms with Gasteiger partial charge in [0.25, 0.3) is 5.69 Å². The first-order valence-corrected chi connectivity index (χ1v) is 6.87. The van der Waals surface area contributed by atoms with Crippen molar-refractivity contribution < 1.29 is 33.1 Å². The second-order valence-corrected chi connectivity index (χ2v) is 5.58. The molecular weight excluding hydrogens is 327 g/mol. The van der Waals surface area contributed by atoms with Crippen LogP contribution in [-0.4, -0.2) is 32.1 Å². The molecule has 1 rings (SSSR count). The first-order chi connectivity index (χ1) is 10.0. The van der Waals surface area contributed by atoms with Gasteiger partial charge in [0.15, 0.2) is 5.12 Å². The molecule has 0 aliphatic heterocycles. The quantitative estimate of drug-likeness (QED) is 0.630. The van der Waals surface area contributed by atoms with Gasteiger partial charge in [0.05, 0.1) is 16.6 Å². The van der Waals surface area contributed by atoms with E-state index in [4.69, 9.17) is 0 Å². The van der Waals surface area contributed by atoms with Crippen LogP contribution in [-0.2, 0) is 11.0 Å². The number of aliphatic hydroxyl groups excluding tert-OH is 2. The molecule has 0 fully saturated rings. The average Bonchev–Trinajstić information content (AvgIpc) is 2.42. The van der Waals surface area contributed by atoms with Crippen LogP contribution in [0.4, 0.5) is 18.9 Å². The fraction of sp³-hybridized carbons (Fsp3) is 0.417. The molecule has 0 aromatic heterocycles. The van der Waals surface area contributed by atoms with Gasteiger partial charge in [0.2, 0.25) is 0 Å². The molecule has 0 radical (unpaired) electrons. The number of carbonyl (C=O) groups is 1. The molecule has 0 bridgehead atoms. The summed E-state index contributed by atoms with van der Waals surface area (Å²) >= 11 is 0.678. The van der Waals surface area contributed by atoms with E-state index in [-0.39, 0.29) is 10.9 Å². The minimum atomic E-state index is -4.83. The number of halogens is 3. The van der Waals surface area contributed by atoms with E-state index in [2.05, 4.69) is 0 Å². The molecule has 0 heterocycles. The van der Waals surface area contributed by atoms with Gasteiger partial charge in [-0.25, -0.2) is 0 Å². The van der Waals surface area contributed by atoms with Crippen molar-refractivity contribution in [2.45, 2.75) is 25.3 Å². The summed E-state index contributed by atoms with van der Waals surface area (Å²) in [7, 11) is 0. The third kappa shape index (κ3) is 4.97. The Morgan fingerprint density at radius 1 is 1.36 bits per heavy atom. The second-order valence-electron chi connectivity index (χ2n) is 4.38. The summed E-state index contributed by atoms with van der Waals surface area (Å²) in [5, 5.41) is 29.8. The Morgan fingerprint density at radius 3 is 2.41 bits per heavy atom. The van der Waals surface area contributed by atoms with E-state index >= 15 is 0 Å². The van der Waals surface area contributed by atoms with Gasteiger partial charge < -0.3 is 10.2 Å². The number of nitro groups is 1. The van der Waals surface area contributed by atoms with E-state index < -0.39 is 40.1 Å². The van der Waals surface area contributed by atoms with Crippen molar-refractivity contribution in [3.63, 3.8) is 0 Å². The van der Waals surface area contributed by atoms with Gasteiger partial charge in [0.1, 0.15) is 6.10 Å². The molecule has 0 aliphatic carbocycles. The smallest absolute Gasteiger partial charge is 0.389 e. The largest absolute Gasteiger partial charge is 0.416 e. The molecule has 0 saturated carbocycles. The highest BCUT2D eigenvalue weighted by Crippen LogP contribution is 2.34. The van der Waals surface area contributed by atoms with Gasteiger partial charge in [-0.1, -0.05) is 11.8 Å². The zero-order chi connectivity index (χ0) is 17.1. The molecule has 0 saturated heterocycles. The lowest BCUT2D eigenvalue weighted by Crippen LogP contribution is -2.22. The lowest BCUT2D eigenvalue weighted by atomic mass is 10.0. The minimum Gasteiger partial charge on any atom is -0.389 e. The first kappa shape index (κ1) is 18.4. The summed E-state index contributed by atoms with van der Waals surface area (Å²) in [6.45, 7) is 1.22. The minimum absolute atomic E-state index is 0.249. The van der Waals surface area contributed by atoms with Crippen molar-refractivity contribution in [2.24, 2.45) is 0 Å². The molecular formula is C12H12F3NO5S. The van der Waals surface area contributed by atoms with Crippen LogP contribution in [0.15, 0.2) is 18.2 Å². The van der Waals surface area contributed by atoms with Crippen molar-refractivity contribution in [1.29, 1.82) is 0 Å². The van der Waals surface area contributed by atoms with E-state index in [0.717, 1.165) is 6.07 Å². The Hall–Kier alpha value is -1.65. The molecule has 6 nitrogen and oxygen atoms in total.